The Morgan fingerprint density at radius 1 is 0.833 bits per heavy atom. The first-order valence-corrected chi connectivity index (χ1v) is 12.1. The van der Waals surface area contributed by atoms with Crippen molar-refractivity contribution in [3.05, 3.63) is 24.3 Å². The highest BCUT2D eigenvalue weighted by Gasteiger charge is 2.09. The number of hydrogen-bond donors (Lipinski definition) is 0. The van der Waals surface area contributed by atoms with Gasteiger partial charge in [0, 0.05) is 6.42 Å². The summed E-state index contributed by atoms with van der Waals surface area (Å²) in [5.74, 6) is 2.28. The van der Waals surface area contributed by atoms with Gasteiger partial charge in [-0.3, -0.25) is 4.79 Å². The molecule has 1 unspecified atom stereocenters. The van der Waals surface area contributed by atoms with E-state index in [1.807, 2.05) is 24.3 Å². The first-order chi connectivity index (χ1) is 14.7. The molecule has 0 aliphatic heterocycles. The fraction of sp³-hybridized carbons (Fsp3) is 0.731. The maximum absolute atomic E-state index is 11.9. The van der Waals surface area contributed by atoms with E-state index in [0.717, 1.165) is 43.8 Å². The first-order valence-electron chi connectivity index (χ1n) is 12.1. The van der Waals surface area contributed by atoms with Crippen molar-refractivity contribution in [2.45, 2.75) is 97.3 Å². The molecule has 0 N–H and O–H groups in total. The van der Waals surface area contributed by atoms with Gasteiger partial charge < -0.3 is 14.2 Å². The second-order valence-electron chi connectivity index (χ2n) is 8.20. The molecular formula is C26H44O4. The zero-order valence-corrected chi connectivity index (χ0v) is 19.6. The smallest absolute Gasteiger partial charge is 0.305 e. The molecular weight excluding hydrogens is 376 g/mol. The molecule has 0 bridgehead atoms. The van der Waals surface area contributed by atoms with Gasteiger partial charge in [0.15, 0.2) is 0 Å². The van der Waals surface area contributed by atoms with Crippen molar-refractivity contribution in [3.63, 3.8) is 0 Å². The molecule has 0 fully saturated rings. The van der Waals surface area contributed by atoms with Crippen LogP contribution in [0, 0.1) is 5.92 Å². The average molecular weight is 421 g/mol. The van der Waals surface area contributed by atoms with Crippen LogP contribution < -0.4 is 9.47 Å². The Bertz CT molecular complexity index is 526. The Kier molecular flexibility index (Phi) is 15.9. The summed E-state index contributed by atoms with van der Waals surface area (Å²) in [4.78, 5) is 11.9. The summed E-state index contributed by atoms with van der Waals surface area (Å²) in [5.41, 5.74) is 0. The van der Waals surface area contributed by atoms with Gasteiger partial charge in [-0.1, -0.05) is 71.6 Å². The largest absolute Gasteiger partial charge is 0.497 e. The molecule has 0 aliphatic rings. The molecule has 4 nitrogen and oxygen atoms in total. The van der Waals surface area contributed by atoms with E-state index in [2.05, 4.69) is 13.8 Å². The molecule has 1 aromatic rings. The minimum atomic E-state index is -0.0122. The summed E-state index contributed by atoms with van der Waals surface area (Å²) in [6, 6.07) is 7.74. The van der Waals surface area contributed by atoms with Gasteiger partial charge in [0.05, 0.1) is 20.3 Å². The van der Waals surface area contributed by atoms with Gasteiger partial charge in [-0.25, -0.2) is 0 Å². The van der Waals surface area contributed by atoms with Crippen LogP contribution in [0.15, 0.2) is 24.3 Å². The number of ether oxygens (including phenoxy) is 3. The van der Waals surface area contributed by atoms with Crippen molar-refractivity contribution in [2.75, 3.05) is 20.3 Å². The van der Waals surface area contributed by atoms with Crippen LogP contribution in [-0.4, -0.2) is 26.3 Å². The summed E-state index contributed by atoms with van der Waals surface area (Å²) >= 11 is 0. The lowest BCUT2D eigenvalue weighted by Crippen LogP contribution is -2.13. The average Bonchev–Trinajstić information content (AvgIpc) is 2.78. The van der Waals surface area contributed by atoms with Gasteiger partial charge in [-0.2, -0.15) is 0 Å². The summed E-state index contributed by atoms with van der Waals surface area (Å²) < 4.78 is 16.4. The highest BCUT2D eigenvalue weighted by atomic mass is 16.5. The van der Waals surface area contributed by atoms with Gasteiger partial charge in [-0.05, 0) is 49.4 Å². The first kappa shape index (κ1) is 26.3. The fourth-order valence-electron chi connectivity index (χ4n) is 3.48. The number of esters is 1. The number of methoxy groups -OCH3 is 1. The molecule has 1 rings (SSSR count). The van der Waals surface area contributed by atoms with Gasteiger partial charge in [0.25, 0.3) is 0 Å². The van der Waals surface area contributed by atoms with E-state index in [4.69, 9.17) is 14.2 Å². The summed E-state index contributed by atoms with van der Waals surface area (Å²) in [6.45, 7) is 5.77. The summed E-state index contributed by atoms with van der Waals surface area (Å²) in [5, 5.41) is 0. The van der Waals surface area contributed by atoms with Crippen molar-refractivity contribution < 1.29 is 19.0 Å². The van der Waals surface area contributed by atoms with E-state index in [9.17, 15) is 4.79 Å². The van der Waals surface area contributed by atoms with Crippen LogP contribution in [0.5, 0.6) is 11.5 Å². The number of unbranched alkanes of at least 4 members (excludes halogenated alkanes) is 8. The maximum atomic E-state index is 11.9. The molecule has 0 aliphatic carbocycles. The highest BCUT2D eigenvalue weighted by Crippen LogP contribution is 2.18. The quantitative estimate of drug-likeness (QED) is 0.173. The predicted molar refractivity (Wildman–Crippen MR) is 124 cm³/mol. The third kappa shape index (κ3) is 13.5. The topological polar surface area (TPSA) is 44.8 Å². The van der Waals surface area contributed by atoms with Crippen LogP contribution in [0.2, 0.25) is 0 Å². The van der Waals surface area contributed by atoms with Crippen molar-refractivity contribution >= 4 is 5.97 Å². The Morgan fingerprint density at radius 2 is 1.43 bits per heavy atom. The molecule has 0 heterocycles. The number of rotatable bonds is 19. The molecule has 0 saturated heterocycles. The molecule has 0 spiro atoms. The maximum Gasteiger partial charge on any atom is 0.305 e. The van der Waals surface area contributed by atoms with Crippen LogP contribution in [-0.2, 0) is 9.53 Å². The van der Waals surface area contributed by atoms with E-state index in [0.29, 0.717) is 18.9 Å². The van der Waals surface area contributed by atoms with E-state index < -0.39 is 0 Å². The van der Waals surface area contributed by atoms with E-state index in [1.54, 1.807) is 7.11 Å². The second kappa shape index (κ2) is 18.1. The Hall–Kier alpha value is -1.71. The molecule has 0 radical (unpaired) electrons. The van der Waals surface area contributed by atoms with Crippen LogP contribution in [0.3, 0.4) is 0 Å². The fourth-order valence-corrected chi connectivity index (χ4v) is 3.48. The summed E-state index contributed by atoms with van der Waals surface area (Å²) in [7, 11) is 1.67. The molecule has 172 valence electrons. The number of carbonyl (C=O) groups is 1. The minimum absolute atomic E-state index is 0.0122. The van der Waals surface area contributed by atoms with Gasteiger partial charge in [0.2, 0.25) is 0 Å². The van der Waals surface area contributed by atoms with Crippen LogP contribution in [0.4, 0.5) is 0 Å². The van der Waals surface area contributed by atoms with Crippen molar-refractivity contribution in [1.29, 1.82) is 0 Å². The molecule has 1 aromatic carbocycles. The van der Waals surface area contributed by atoms with Gasteiger partial charge in [0.1, 0.15) is 11.5 Å². The van der Waals surface area contributed by atoms with Gasteiger partial charge >= 0.3 is 5.97 Å². The lowest BCUT2D eigenvalue weighted by Gasteiger charge is -2.14. The number of benzene rings is 1. The summed E-state index contributed by atoms with van der Waals surface area (Å²) in [6.07, 6.45) is 14.7. The monoisotopic (exact) mass is 420 g/mol. The zero-order valence-electron chi connectivity index (χ0n) is 19.6. The van der Waals surface area contributed by atoms with E-state index in [1.165, 1.54) is 51.4 Å². The number of hydrogen-bond acceptors (Lipinski definition) is 4. The van der Waals surface area contributed by atoms with Crippen LogP contribution in [0.25, 0.3) is 0 Å². The molecule has 30 heavy (non-hydrogen) atoms. The third-order valence-corrected chi connectivity index (χ3v) is 5.63. The Labute approximate surface area is 184 Å². The molecule has 1 atom stereocenters. The Morgan fingerprint density at radius 3 is 2.03 bits per heavy atom. The molecule has 0 aromatic heterocycles. The molecule has 0 amide bonds. The SMILES string of the molecule is CCCCC(CC)COC(=O)CCCCCCCCCCOc1ccc(OC)cc1. The lowest BCUT2D eigenvalue weighted by atomic mass is 10.0. The predicted octanol–water partition coefficient (Wildman–Crippen LogP) is 7.34. The van der Waals surface area contributed by atoms with E-state index >= 15 is 0 Å². The van der Waals surface area contributed by atoms with Crippen LogP contribution in [0.1, 0.15) is 97.3 Å². The normalized spacial score (nSPS) is 11.8. The molecule has 4 heteroatoms. The zero-order chi connectivity index (χ0) is 21.9. The number of carbonyl (C=O) groups excluding carboxylic acids is 1. The highest BCUT2D eigenvalue weighted by molar-refractivity contribution is 5.69. The lowest BCUT2D eigenvalue weighted by molar-refractivity contribution is -0.145. The third-order valence-electron chi connectivity index (χ3n) is 5.63. The molecule has 0 saturated carbocycles. The van der Waals surface area contributed by atoms with E-state index in [-0.39, 0.29) is 5.97 Å². The second-order valence-corrected chi connectivity index (χ2v) is 8.20. The van der Waals surface area contributed by atoms with Crippen LogP contribution >= 0.6 is 0 Å². The minimum Gasteiger partial charge on any atom is -0.497 e. The standard InChI is InChI=1S/C26H44O4/c1-4-6-15-23(5-2)22-30-26(27)16-13-11-9-7-8-10-12-14-21-29-25-19-17-24(28-3)18-20-25/h17-20,23H,4-16,21-22H2,1-3H3. The van der Waals surface area contributed by atoms with Crippen molar-refractivity contribution in [2.24, 2.45) is 5.92 Å². The van der Waals surface area contributed by atoms with Gasteiger partial charge in [-0.15, -0.1) is 0 Å². The van der Waals surface area contributed by atoms with Crippen molar-refractivity contribution in [3.8, 4) is 11.5 Å². The Balaban J connectivity index is 1.88. The van der Waals surface area contributed by atoms with Crippen molar-refractivity contribution in [1.82, 2.24) is 0 Å².